The van der Waals surface area contributed by atoms with Gasteiger partial charge in [0, 0.05) is 32.2 Å². The Morgan fingerprint density at radius 2 is 2.00 bits per heavy atom. The monoisotopic (exact) mass is 487 g/mol. The average molecular weight is 487 g/mol. The highest BCUT2D eigenvalue weighted by molar-refractivity contribution is 14.0. The van der Waals surface area contributed by atoms with Gasteiger partial charge in [-0.15, -0.1) is 24.0 Å². The van der Waals surface area contributed by atoms with E-state index in [1.54, 1.807) is 0 Å². The number of guanidine groups is 1. The van der Waals surface area contributed by atoms with Gasteiger partial charge in [-0.2, -0.15) is 0 Å². The van der Waals surface area contributed by atoms with Gasteiger partial charge in [-0.25, -0.2) is 0 Å². The molecule has 2 heterocycles. The molecule has 1 aromatic carbocycles. The summed E-state index contributed by atoms with van der Waals surface area (Å²) in [6.07, 6.45) is 4.68. The van der Waals surface area contributed by atoms with Crippen LogP contribution in [0.15, 0.2) is 35.3 Å². The van der Waals surface area contributed by atoms with Crippen LogP contribution in [-0.4, -0.2) is 44.4 Å². The molecule has 2 fully saturated rings. The number of benzene rings is 1. The van der Waals surface area contributed by atoms with Crippen LogP contribution < -0.4 is 10.6 Å². The maximum atomic E-state index is 6.11. The van der Waals surface area contributed by atoms with Gasteiger partial charge in [0.1, 0.15) is 0 Å². The third-order valence-electron chi connectivity index (χ3n) is 5.32. The lowest BCUT2D eigenvalue weighted by Gasteiger charge is -2.32. The quantitative estimate of drug-likeness (QED) is 0.363. The van der Waals surface area contributed by atoms with Crippen LogP contribution in [0.4, 0.5) is 0 Å². The summed E-state index contributed by atoms with van der Waals surface area (Å²) >= 11 is 0. The minimum atomic E-state index is -0.108. The Morgan fingerprint density at radius 3 is 2.70 bits per heavy atom. The van der Waals surface area contributed by atoms with Crippen molar-refractivity contribution >= 4 is 29.9 Å². The minimum Gasteiger partial charge on any atom is -0.373 e. The first-order chi connectivity index (χ1) is 12.7. The van der Waals surface area contributed by atoms with E-state index in [-0.39, 0.29) is 35.7 Å². The third kappa shape index (κ3) is 6.61. The van der Waals surface area contributed by atoms with E-state index < -0.39 is 0 Å². The van der Waals surface area contributed by atoms with E-state index in [0.717, 1.165) is 51.5 Å². The van der Waals surface area contributed by atoms with Crippen molar-refractivity contribution in [3.8, 4) is 0 Å². The van der Waals surface area contributed by atoms with Gasteiger partial charge in [0.25, 0.3) is 0 Å². The second kappa shape index (κ2) is 11.2. The fourth-order valence-electron chi connectivity index (χ4n) is 3.84. The molecule has 5 nitrogen and oxygen atoms in total. The Morgan fingerprint density at radius 1 is 1.19 bits per heavy atom. The molecular formula is C21H34IN3O2. The SMILES string of the molecule is CCNC(=NCC1(C)CCCO1)NCC1CCCOC1c1ccccc1.I. The number of ether oxygens (including phenoxy) is 2. The highest BCUT2D eigenvalue weighted by Crippen LogP contribution is 2.33. The zero-order chi connectivity index (χ0) is 18.2. The van der Waals surface area contributed by atoms with Crippen LogP contribution in [0.25, 0.3) is 0 Å². The summed E-state index contributed by atoms with van der Waals surface area (Å²) in [5.41, 5.74) is 1.16. The largest absolute Gasteiger partial charge is 0.373 e. The van der Waals surface area contributed by atoms with Gasteiger partial charge in [-0.05, 0) is 45.1 Å². The Bertz CT molecular complexity index is 576. The zero-order valence-corrected chi connectivity index (χ0v) is 18.9. The molecule has 3 atom stereocenters. The zero-order valence-electron chi connectivity index (χ0n) is 16.6. The minimum absolute atomic E-state index is 0. The lowest BCUT2D eigenvalue weighted by molar-refractivity contribution is -0.0265. The standard InChI is InChI=1S/C21H33N3O2.HI/c1-3-22-20(24-16-21(2)12-8-14-26-21)23-15-18-11-7-13-25-19(18)17-9-5-4-6-10-17;/h4-6,9-10,18-19H,3,7-8,11-16H2,1-2H3,(H2,22,23,24);1H. The van der Waals surface area contributed by atoms with Crippen molar-refractivity contribution in [3.63, 3.8) is 0 Å². The van der Waals surface area contributed by atoms with Gasteiger partial charge in [-0.1, -0.05) is 30.3 Å². The highest BCUT2D eigenvalue weighted by Gasteiger charge is 2.30. The topological polar surface area (TPSA) is 54.9 Å². The van der Waals surface area contributed by atoms with Crippen LogP contribution in [0, 0.1) is 5.92 Å². The number of nitrogens with one attached hydrogen (secondary N) is 2. The van der Waals surface area contributed by atoms with Crippen molar-refractivity contribution in [3.05, 3.63) is 35.9 Å². The summed E-state index contributed by atoms with van der Waals surface area (Å²) in [5, 5.41) is 6.90. The normalized spacial score (nSPS) is 28.4. The van der Waals surface area contributed by atoms with Crippen LogP contribution >= 0.6 is 24.0 Å². The lowest BCUT2D eigenvalue weighted by atomic mass is 9.89. The summed E-state index contributed by atoms with van der Waals surface area (Å²) in [7, 11) is 0. The van der Waals surface area contributed by atoms with Crippen molar-refractivity contribution in [1.82, 2.24) is 10.6 Å². The fourth-order valence-corrected chi connectivity index (χ4v) is 3.84. The Kier molecular flexibility index (Phi) is 9.32. The van der Waals surface area contributed by atoms with E-state index in [1.165, 1.54) is 12.0 Å². The smallest absolute Gasteiger partial charge is 0.191 e. The number of halogens is 1. The Balaban J connectivity index is 0.00000261. The summed E-state index contributed by atoms with van der Waals surface area (Å²) in [6, 6.07) is 10.6. The van der Waals surface area contributed by atoms with Crippen molar-refractivity contribution in [1.29, 1.82) is 0 Å². The predicted molar refractivity (Wildman–Crippen MR) is 121 cm³/mol. The van der Waals surface area contributed by atoms with Gasteiger partial charge in [0.15, 0.2) is 5.96 Å². The average Bonchev–Trinajstić information content (AvgIpc) is 3.12. The van der Waals surface area contributed by atoms with Gasteiger partial charge in [-0.3, -0.25) is 4.99 Å². The van der Waals surface area contributed by atoms with Gasteiger partial charge in [0.2, 0.25) is 0 Å². The van der Waals surface area contributed by atoms with Crippen molar-refractivity contribution in [2.45, 2.75) is 51.2 Å². The summed E-state index contributed by atoms with van der Waals surface area (Å²) < 4.78 is 12.0. The second-order valence-electron chi connectivity index (χ2n) is 7.58. The molecule has 0 radical (unpaired) electrons. The number of hydrogen-bond acceptors (Lipinski definition) is 3. The molecule has 2 aliphatic heterocycles. The van der Waals surface area contributed by atoms with Gasteiger partial charge >= 0.3 is 0 Å². The second-order valence-corrected chi connectivity index (χ2v) is 7.58. The van der Waals surface area contributed by atoms with E-state index >= 15 is 0 Å². The van der Waals surface area contributed by atoms with E-state index in [0.29, 0.717) is 12.5 Å². The highest BCUT2D eigenvalue weighted by atomic mass is 127. The van der Waals surface area contributed by atoms with E-state index in [2.05, 4.69) is 54.8 Å². The molecule has 6 heteroatoms. The van der Waals surface area contributed by atoms with Crippen LogP contribution in [0.1, 0.15) is 51.2 Å². The van der Waals surface area contributed by atoms with E-state index in [1.807, 2.05) is 0 Å². The first kappa shape index (κ1) is 22.4. The molecule has 0 aliphatic carbocycles. The molecule has 27 heavy (non-hydrogen) atoms. The molecule has 1 aromatic rings. The maximum absolute atomic E-state index is 6.11. The number of rotatable bonds is 6. The number of aliphatic imine (C=N–C) groups is 1. The van der Waals surface area contributed by atoms with Gasteiger partial charge in [0.05, 0.1) is 18.2 Å². The molecule has 2 saturated heterocycles. The first-order valence-corrected chi connectivity index (χ1v) is 10.0. The Hall–Kier alpha value is -0.860. The third-order valence-corrected chi connectivity index (χ3v) is 5.32. The molecule has 0 saturated carbocycles. The fraction of sp³-hybridized carbons (Fsp3) is 0.667. The summed E-state index contributed by atoms with van der Waals surface area (Å²) in [5.74, 6) is 1.33. The van der Waals surface area contributed by atoms with Crippen LogP contribution in [0.3, 0.4) is 0 Å². The molecule has 152 valence electrons. The first-order valence-electron chi connectivity index (χ1n) is 10.0. The molecule has 0 spiro atoms. The van der Waals surface area contributed by atoms with Gasteiger partial charge < -0.3 is 20.1 Å². The molecule has 0 aromatic heterocycles. The molecule has 3 rings (SSSR count). The van der Waals surface area contributed by atoms with Crippen molar-refractivity contribution < 1.29 is 9.47 Å². The molecule has 2 aliphatic rings. The van der Waals surface area contributed by atoms with Crippen molar-refractivity contribution in [2.75, 3.05) is 32.8 Å². The van der Waals surface area contributed by atoms with E-state index in [4.69, 9.17) is 14.5 Å². The number of nitrogens with zero attached hydrogens (tertiary/aromatic N) is 1. The van der Waals surface area contributed by atoms with Crippen LogP contribution in [-0.2, 0) is 9.47 Å². The summed E-state index contributed by atoms with van der Waals surface area (Å²) in [4.78, 5) is 4.78. The predicted octanol–water partition coefficient (Wildman–Crippen LogP) is 3.90. The molecule has 0 amide bonds. The number of hydrogen-bond donors (Lipinski definition) is 2. The van der Waals surface area contributed by atoms with E-state index in [9.17, 15) is 0 Å². The van der Waals surface area contributed by atoms with Crippen molar-refractivity contribution in [2.24, 2.45) is 10.9 Å². The van der Waals surface area contributed by atoms with Crippen LogP contribution in [0.2, 0.25) is 0 Å². The maximum Gasteiger partial charge on any atom is 0.191 e. The molecule has 3 unspecified atom stereocenters. The lowest BCUT2D eigenvalue weighted by Crippen LogP contribution is -2.43. The molecule has 2 N–H and O–H groups in total. The summed E-state index contributed by atoms with van der Waals surface area (Å²) in [6.45, 7) is 8.38. The molecular weight excluding hydrogens is 453 g/mol. The van der Waals surface area contributed by atoms with Crippen LogP contribution in [0.5, 0.6) is 0 Å². The Labute approximate surface area is 180 Å². The molecule has 0 bridgehead atoms.